The van der Waals surface area contributed by atoms with Crippen LogP contribution in [0.1, 0.15) is 56.6 Å². The lowest BCUT2D eigenvalue weighted by Crippen LogP contribution is -2.38. The minimum Gasteiger partial charge on any atom is -0.494 e. The van der Waals surface area contributed by atoms with Crippen molar-refractivity contribution in [3.8, 4) is 11.4 Å². The molecule has 0 saturated carbocycles. The third-order valence-corrected chi connectivity index (χ3v) is 6.63. The van der Waals surface area contributed by atoms with Gasteiger partial charge in [-0.1, -0.05) is 56.3 Å². The molecule has 186 valence electrons. The number of methoxy groups -OCH3 is 1. The van der Waals surface area contributed by atoms with Crippen LogP contribution < -0.4 is 4.74 Å². The van der Waals surface area contributed by atoms with E-state index in [4.69, 9.17) is 9.84 Å². The zero-order valence-electron chi connectivity index (χ0n) is 21.7. The van der Waals surface area contributed by atoms with Gasteiger partial charge in [-0.3, -0.25) is 9.69 Å². The maximum absolute atomic E-state index is 13.1. The highest BCUT2D eigenvalue weighted by Gasteiger charge is 2.29. The average Bonchev–Trinajstić information content (AvgIpc) is 3.20. The number of para-hydroxylation sites is 2. The van der Waals surface area contributed by atoms with Crippen molar-refractivity contribution in [2.24, 2.45) is 5.92 Å². The number of nitrogens with zero attached hydrogens (tertiary/aromatic N) is 4. The number of amides is 1. The molecule has 35 heavy (non-hydrogen) atoms. The monoisotopic (exact) mass is 474 g/mol. The van der Waals surface area contributed by atoms with Crippen molar-refractivity contribution in [2.75, 3.05) is 13.7 Å². The van der Waals surface area contributed by atoms with Gasteiger partial charge in [0.1, 0.15) is 11.4 Å². The van der Waals surface area contributed by atoms with Gasteiger partial charge in [-0.25, -0.2) is 4.68 Å². The van der Waals surface area contributed by atoms with Crippen LogP contribution in [0, 0.1) is 5.92 Å². The second-order valence-electron chi connectivity index (χ2n) is 10.1. The van der Waals surface area contributed by atoms with Crippen molar-refractivity contribution in [3.63, 3.8) is 0 Å². The Kier molecular flexibility index (Phi) is 7.91. The molecule has 2 aromatic carbocycles. The second-order valence-corrected chi connectivity index (χ2v) is 10.1. The Hall–Kier alpha value is -3.12. The van der Waals surface area contributed by atoms with Crippen LogP contribution in [0.2, 0.25) is 0 Å². The van der Waals surface area contributed by atoms with Crippen LogP contribution in [-0.2, 0) is 30.8 Å². The van der Waals surface area contributed by atoms with Gasteiger partial charge < -0.3 is 9.64 Å². The van der Waals surface area contributed by atoms with Gasteiger partial charge in [-0.05, 0) is 37.5 Å². The van der Waals surface area contributed by atoms with Crippen LogP contribution in [0.25, 0.3) is 5.69 Å². The van der Waals surface area contributed by atoms with Crippen molar-refractivity contribution < 1.29 is 9.53 Å². The molecule has 0 saturated heterocycles. The molecule has 0 bridgehead atoms. The van der Waals surface area contributed by atoms with Crippen molar-refractivity contribution in [2.45, 2.75) is 66.2 Å². The van der Waals surface area contributed by atoms with Crippen LogP contribution in [0.3, 0.4) is 0 Å². The largest absolute Gasteiger partial charge is 0.494 e. The Morgan fingerprint density at radius 1 is 1.06 bits per heavy atom. The zero-order valence-corrected chi connectivity index (χ0v) is 21.7. The topological polar surface area (TPSA) is 50.6 Å². The highest BCUT2D eigenvalue weighted by Crippen LogP contribution is 2.31. The highest BCUT2D eigenvalue weighted by atomic mass is 16.5. The number of benzene rings is 2. The first kappa shape index (κ1) is 25.0. The maximum Gasteiger partial charge on any atom is 0.223 e. The van der Waals surface area contributed by atoms with Gasteiger partial charge in [0.2, 0.25) is 5.91 Å². The number of aromatic nitrogens is 2. The molecule has 3 aromatic rings. The number of rotatable bonds is 9. The fraction of sp³-hybridized carbons (Fsp3) is 0.448. The Morgan fingerprint density at radius 2 is 1.77 bits per heavy atom. The maximum atomic E-state index is 13.1. The molecule has 4 rings (SSSR count). The van der Waals surface area contributed by atoms with Gasteiger partial charge in [-0.15, -0.1) is 0 Å². The smallest absolute Gasteiger partial charge is 0.223 e. The molecule has 0 aliphatic carbocycles. The summed E-state index contributed by atoms with van der Waals surface area (Å²) in [7, 11) is 1.70. The molecule has 0 atom stereocenters. The summed E-state index contributed by atoms with van der Waals surface area (Å²) in [4.78, 5) is 17.6. The molecule has 0 N–H and O–H groups in total. The summed E-state index contributed by atoms with van der Waals surface area (Å²) < 4.78 is 7.72. The van der Waals surface area contributed by atoms with Crippen LogP contribution in [0.15, 0.2) is 54.6 Å². The third-order valence-electron chi connectivity index (χ3n) is 6.63. The van der Waals surface area contributed by atoms with E-state index in [0.717, 1.165) is 43.2 Å². The van der Waals surface area contributed by atoms with Gasteiger partial charge in [0, 0.05) is 44.1 Å². The van der Waals surface area contributed by atoms with Crippen LogP contribution in [-0.4, -0.2) is 45.2 Å². The molecular weight excluding hydrogens is 436 g/mol. The Balaban J connectivity index is 1.71. The first-order valence-electron chi connectivity index (χ1n) is 12.7. The van der Waals surface area contributed by atoms with Gasteiger partial charge >= 0.3 is 0 Å². The first-order valence-corrected chi connectivity index (χ1v) is 12.7. The molecule has 2 heterocycles. The molecule has 1 aromatic heterocycles. The standard InChI is InChI=1S/C29H38N4O2/c1-21(2)17-29(34)32(22(3)4)20-25-24-19-31(18-23-11-7-6-8-12-23)16-15-26(24)33(30-25)27-13-9-10-14-28(27)35-5/h6-14,21-22H,15-20H2,1-5H3. The lowest BCUT2D eigenvalue weighted by atomic mass is 10.0. The normalized spacial score (nSPS) is 13.8. The molecule has 6 nitrogen and oxygen atoms in total. The minimum atomic E-state index is 0.109. The summed E-state index contributed by atoms with van der Waals surface area (Å²) in [5.74, 6) is 1.31. The highest BCUT2D eigenvalue weighted by molar-refractivity contribution is 5.76. The summed E-state index contributed by atoms with van der Waals surface area (Å²) in [5, 5.41) is 5.11. The number of ether oxygens (including phenoxy) is 1. The van der Waals surface area contributed by atoms with Crippen LogP contribution in [0.4, 0.5) is 0 Å². The van der Waals surface area contributed by atoms with E-state index in [0.29, 0.717) is 18.9 Å². The lowest BCUT2D eigenvalue weighted by molar-refractivity contribution is -0.134. The van der Waals surface area contributed by atoms with E-state index < -0.39 is 0 Å². The molecule has 0 fully saturated rings. The molecule has 0 radical (unpaired) electrons. The molecular formula is C29H38N4O2. The van der Waals surface area contributed by atoms with E-state index in [1.165, 1.54) is 16.8 Å². The predicted octanol–water partition coefficient (Wildman–Crippen LogP) is 5.22. The Labute approximate surface area is 209 Å². The number of hydrogen-bond acceptors (Lipinski definition) is 4. The fourth-order valence-corrected chi connectivity index (χ4v) is 4.84. The molecule has 1 aliphatic heterocycles. The van der Waals surface area contributed by atoms with Gasteiger partial charge in [0.25, 0.3) is 0 Å². The summed E-state index contributed by atoms with van der Waals surface area (Å²) in [6.07, 6.45) is 1.45. The van der Waals surface area contributed by atoms with E-state index >= 15 is 0 Å². The number of hydrogen-bond donors (Lipinski definition) is 0. The molecule has 0 unspecified atom stereocenters. The Bertz CT molecular complexity index is 1140. The van der Waals surface area contributed by atoms with Gasteiger partial charge in [0.15, 0.2) is 0 Å². The van der Waals surface area contributed by atoms with Crippen molar-refractivity contribution in [3.05, 3.63) is 77.1 Å². The Morgan fingerprint density at radius 3 is 2.46 bits per heavy atom. The molecule has 6 heteroatoms. The summed E-state index contributed by atoms with van der Waals surface area (Å²) in [6.45, 7) is 11.6. The summed E-state index contributed by atoms with van der Waals surface area (Å²) in [6, 6.07) is 18.7. The third kappa shape index (κ3) is 5.76. The van der Waals surface area contributed by atoms with Crippen molar-refractivity contribution in [1.82, 2.24) is 19.6 Å². The summed E-state index contributed by atoms with van der Waals surface area (Å²) >= 11 is 0. The van der Waals surface area contributed by atoms with E-state index in [2.05, 4.69) is 73.7 Å². The predicted molar refractivity (Wildman–Crippen MR) is 140 cm³/mol. The first-order chi connectivity index (χ1) is 16.9. The SMILES string of the molecule is COc1ccccc1-n1nc(CN(C(=O)CC(C)C)C(C)C)c2c1CCN(Cc1ccccc1)C2. The molecule has 0 spiro atoms. The van der Waals surface area contributed by atoms with E-state index in [1.54, 1.807) is 7.11 Å². The van der Waals surface area contributed by atoms with Gasteiger partial charge in [-0.2, -0.15) is 5.10 Å². The molecule has 1 amide bonds. The van der Waals surface area contributed by atoms with Crippen molar-refractivity contribution >= 4 is 5.91 Å². The number of carbonyl (C=O) groups is 1. The second kappa shape index (κ2) is 11.1. The molecule has 1 aliphatic rings. The fourth-order valence-electron chi connectivity index (χ4n) is 4.84. The van der Waals surface area contributed by atoms with Crippen molar-refractivity contribution in [1.29, 1.82) is 0 Å². The van der Waals surface area contributed by atoms with E-state index in [9.17, 15) is 4.79 Å². The minimum absolute atomic E-state index is 0.109. The average molecular weight is 475 g/mol. The summed E-state index contributed by atoms with van der Waals surface area (Å²) in [5.41, 5.74) is 5.69. The zero-order chi connectivity index (χ0) is 24.9. The number of carbonyl (C=O) groups excluding carboxylic acids is 1. The van der Waals surface area contributed by atoms with E-state index in [1.807, 2.05) is 23.1 Å². The number of fused-ring (bicyclic) bond motifs is 1. The lowest BCUT2D eigenvalue weighted by Gasteiger charge is -2.30. The van der Waals surface area contributed by atoms with Gasteiger partial charge in [0.05, 0.1) is 25.0 Å². The quantitative estimate of drug-likeness (QED) is 0.427. The van der Waals surface area contributed by atoms with Crippen LogP contribution in [0.5, 0.6) is 5.75 Å². The van der Waals surface area contributed by atoms with E-state index in [-0.39, 0.29) is 11.9 Å². The van der Waals surface area contributed by atoms with Crippen LogP contribution >= 0.6 is 0 Å².